The first kappa shape index (κ1) is 17.9. The Labute approximate surface area is 128 Å². The highest BCUT2D eigenvalue weighted by Crippen LogP contribution is 2.28. The smallest absolute Gasteiger partial charge is 0.255 e. The molecule has 0 aliphatic heterocycles. The summed E-state index contributed by atoms with van der Waals surface area (Å²) in [4.78, 5) is 13.6. The number of halogens is 3. The van der Waals surface area contributed by atoms with Crippen LogP contribution in [0.4, 0.5) is 8.78 Å². The lowest BCUT2D eigenvalue weighted by molar-refractivity contribution is -0.136. The van der Waals surface area contributed by atoms with Crippen LogP contribution in [0.25, 0.3) is 0 Å². The first-order chi connectivity index (χ1) is 9.86. The van der Waals surface area contributed by atoms with Crippen molar-refractivity contribution in [1.82, 2.24) is 4.90 Å². The van der Waals surface area contributed by atoms with Crippen LogP contribution in [-0.4, -0.2) is 42.0 Å². The first-order valence-electron chi connectivity index (χ1n) is 6.80. The van der Waals surface area contributed by atoms with E-state index in [1.807, 2.05) is 13.8 Å². The van der Waals surface area contributed by atoms with Crippen molar-refractivity contribution in [3.05, 3.63) is 34.9 Å². The second kappa shape index (κ2) is 8.29. The molecule has 0 heterocycles. The van der Waals surface area contributed by atoms with Gasteiger partial charge in [0.1, 0.15) is 0 Å². The van der Waals surface area contributed by atoms with Crippen LogP contribution in [0.3, 0.4) is 0 Å². The van der Waals surface area contributed by atoms with Crippen molar-refractivity contribution >= 4 is 17.5 Å². The Balaban J connectivity index is 3.02. The maximum Gasteiger partial charge on any atom is 0.255 e. The molecule has 3 nitrogen and oxygen atoms in total. The molecule has 1 aromatic carbocycles. The van der Waals surface area contributed by atoms with Crippen molar-refractivity contribution in [2.45, 2.75) is 26.2 Å². The van der Waals surface area contributed by atoms with E-state index in [0.29, 0.717) is 5.02 Å². The van der Waals surface area contributed by atoms with Gasteiger partial charge in [-0.15, -0.1) is 0 Å². The lowest BCUT2D eigenvalue weighted by Gasteiger charge is -2.29. The molecule has 0 saturated carbocycles. The lowest BCUT2D eigenvalue weighted by Crippen LogP contribution is -2.41. The van der Waals surface area contributed by atoms with Gasteiger partial charge in [-0.25, -0.2) is 8.78 Å². The fraction of sp³-hybridized carbons (Fsp3) is 0.533. The van der Waals surface area contributed by atoms with Gasteiger partial charge in [0.25, 0.3) is 6.43 Å². The third-order valence-electron chi connectivity index (χ3n) is 3.20. The maximum atomic E-state index is 12.6. The molecule has 1 unspecified atom stereocenters. The van der Waals surface area contributed by atoms with E-state index < -0.39 is 24.8 Å². The van der Waals surface area contributed by atoms with Crippen LogP contribution in [0.5, 0.6) is 0 Å². The van der Waals surface area contributed by atoms with Gasteiger partial charge in [-0.3, -0.25) is 4.79 Å². The van der Waals surface area contributed by atoms with Gasteiger partial charge in [-0.2, -0.15) is 0 Å². The normalized spacial score (nSPS) is 12.8. The molecule has 0 spiro atoms. The number of hydrogen-bond acceptors (Lipinski definition) is 2. The topological polar surface area (TPSA) is 40.5 Å². The van der Waals surface area contributed by atoms with Crippen molar-refractivity contribution in [1.29, 1.82) is 0 Å². The van der Waals surface area contributed by atoms with Gasteiger partial charge in [0.05, 0.1) is 19.1 Å². The summed E-state index contributed by atoms with van der Waals surface area (Å²) < 4.78 is 25.2. The van der Waals surface area contributed by atoms with Gasteiger partial charge in [0.15, 0.2) is 0 Å². The first-order valence-corrected chi connectivity index (χ1v) is 7.17. The molecule has 1 rings (SSSR count). The Hall–Kier alpha value is -1.20. The van der Waals surface area contributed by atoms with Crippen LogP contribution in [0.2, 0.25) is 5.02 Å². The third-order valence-corrected chi connectivity index (χ3v) is 3.45. The number of nitrogens with zero attached hydrogens (tertiary/aromatic N) is 1. The minimum absolute atomic E-state index is 0.0578. The Bertz CT molecular complexity index is 451. The van der Waals surface area contributed by atoms with E-state index in [-0.39, 0.29) is 19.1 Å². The maximum absolute atomic E-state index is 12.6. The van der Waals surface area contributed by atoms with Crippen molar-refractivity contribution in [2.24, 2.45) is 5.92 Å². The van der Waals surface area contributed by atoms with Crippen LogP contribution >= 0.6 is 11.6 Å². The molecule has 6 heteroatoms. The number of aliphatic hydroxyl groups is 1. The van der Waals surface area contributed by atoms with E-state index in [2.05, 4.69) is 0 Å². The number of benzene rings is 1. The molecule has 118 valence electrons. The molecule has 21 heavy (non-hydrogen) atoms. The van der Waals surface area contributed by atoms with Gasteiger partial charge in [0.2, 0.25) is 5.91 Å². The molecule has 0 bridgehead atoms. The standard InChI is InChI=1S/C15H20ClF2NO2/c1-10(2)14(11-3-5-12(16)6-4-11)15(21)19(7-8-20)9-13(17)18/h3-6,10,13-14,20H,7-9H2,1-2H3. The predicted molar refractivity (Wildman–Crippen MR) is 78.7 cm³/mol. The Morgan fingerprint density at radius 3 is 2.29 bits per heavy atom. The molecule has 0 radical (unpaired) electrons. The summed E-state index contributed by atoms with van der Waals surface area (Å²) in [6.45, 7) is 2.60. The summed E-state index contributed by atoms with van der Waals surface area (Å²) in [7, 11) is 0. The third kappa shape index (κ3) is 5.25. The van der Waals surface area contributed by atoms with E-state index in [9.17, 15) is 13.6 Å². The van der Waals surface area contributed by atoms with Crippen LogP contribution in [0, 0.1) is 5.92 Å². The Morgan fingerprint density at radius 2 is 1.86 bits per heavy atom. The highest BCUT2D eigenvalue weighted by Gasteiger charge is 2.29. The van der Waals surface area contributed by atoms with Gasteiger partial charge in [-0.05, 0) is 23.6 Å². The average Bonchev–Trinajstić information content (AvgIpc) is 2.39. The van der Waals surface area contributed by atoms with Crippen LogP contribution < -0.4 is 0 Å². The van der Waals surface area contributed by atoms with E-state index in [1.165, 1.54) is 0 Å². The second-order valence-electron chi connectivity index (χ2n) is 5.17. The minimum atomic E-state index is -2.63. The number of amides is 1. The van der Waals surface area contributed by atoms with Crippen LogP contribution in [0.15, 0.2) is 24.3 Å². The molecule has 0 aliphatic carbocycles. The fourth-order valence-corrected chi connectivity index (χ4v) is 2.38. The summed E-state index contributed by atoms with van der Waals surface area (Å²) in [5.41, 5.74) is 0.733. The lowest BCUT2D eigenvalue weighted by atomic mass is 9.87. The molecule has 0 saturated heterocycles. The highest BCUT2D eigenvalue weighted by atomic mass is 35.5. The molecular weight excluding hydrogens is 300 g/mol. The van der Waals surface area contributed by atoms with Crippen molar-refractivity contribution in [3.8, 4) is 0 Å². The molecule has 1 atom stereocenters. The van der Waals surface area contributed by atoms with E-state index in [4.69, 9.17) is 16.7 Å². The molecule has 0 aromatic heterocycles. The number of aliphatic hydroxyl groups excluding tert-OH is 1. The monoisotopic (exact) mass is 319 g/mol. The predicted octanol–water partition coefficient (Wildman–Crippen LogP) is 3.17. The highest BCUT2D eigenvalue weighted by molar-refractivity contribution is 6.30. The van der Waals surface area contributed by atoms with E-state index >= 15 is 0 Å². The average molecular weight is 320 g/mol. The van der Waals surface area contributed by atoms with Crippen molar-refractivity contribution in [2.75, 3.05) is 19.7 Å². The largest absolute Gasteiger partial charge is 0.395 e. The molecule has 0 aliphatic rings. The zero-order chi connectivity index (χ0) is 16.0. The molecule has 1 N–H and O–H groups in total. The molecule has 1 aromatic rings. The molecule has 0 fully saturated rings. The summed E-state index contributed by atoms with van der Waals surface area (Å²) in [5, 5.41) is 9.52. The molecule has 1 amide bonds. The summed E-state index contributed by atoms with van der Waals surface area (Å²) >= 11 is 5.83. The van der Waals surface area contributed by atoms with Gasteiger partial charge < -0.3 is 10.0 Å². The quantitative estimate of drug-likeness (QED) is 0.838. The SMILES string of the molecule is CC(C)C(C(=O)N(CCO)CC(F)F)c1ccc(Cl)cc1. The summed E-state index contributed by atoms with van der Waals surface area (Å²) in [6.07, 6.45) is -2.63. The summed E-state index contributed by atoms with van der Waals surface area (Å²) in [5.74, 6) is -0.994. The minimum Gasteiger partial charge on any atom is -0.395 e. The van der Waals surface area contributed by atoms with Gasteiger partial charge >= 0.3 is 0 Å². The van der Waals surface area contributed by atoms with Crippen molar-refractivity contribution in [3.63, 3.8) is 0 Å². The summed E-state index contributed by atoms with van der Waals surface area (Å²) in [6, 6.07) is 6.79. The van der Waals surface area contributed by atoms with Crippen LogP contribution in [-0.2, 0) is 4.79 Å². The second-order valence-corrected chi connectivity index (χ2v) is 5.61. The number of carbonyl (C=O) groups excluding carboxylic acids is 1. The van der Waals surface area contributed by atoms with Gasteiger partial charge in [-0.1, -0.05) is 37.6 Å². The molecular formula is C15H20ClF2NO2. The van der Waals surface area contributed by atoms with E-state index in [1.54, 1.807) is 24.3 Å². The van der Waals surface area contributed by atoms with Gasteiger partial charge in [0, 0.05) is 11.6 Å². The Kier molecular flexibility index (Phi) is 7.05. The van der Waals surface area contributed by atoms with Crippen LogP contribution in [0.1, 0.15) is 25.3 Å². The zero-order valence-electron chi connectivity index (χ0n) is 12.1. The zero-order valence-corrected chi connectivity index (χ0v) is 12.9. The number of alkyl halides is 2. The van der Waals surface area contributed by atoms with Crippen molar-refractivity contribution < 1.29 is 18.7 Å². The number of carbonyl (C=O) groups is 1. The number of rotatable bonds is 7. The van der Waals surface area contributed by atoms with E-state index in [0.717, 1.165) is 10.5 Å². The Morgan fingerprint density at radius 1 is 1.29 bits per heavy atom. The number of hydrogen-bond donors (Lipinski definition) is 1. The fourth-order valence-electron chi connectivity index (χ4n) is 2.26.